The minimum Gasteiger partial charge on any atom is -0.348 e. The van der Waals surface area contributed by atoms with Crippen LogP contribution < -0.4 is 10.5 Å². The normalized spacial score (nSPS) is 11.6. The molecule has 2 rings (SSSR count). The van der Waals surface area contributed by atoms with Crippen molar-refractivity contribution in [2.75, 3.05) is 4.72 Å². The van der Waals surface area contributed by atoms with E-state index in [1.807, 2.05) is 0 Å². The third-order valence-electron chi connectivity index (χ3n) is 1.95. The van der Waals surface area contributed by atoms with Gasteiger partial charge in [-0.3, -0.25) is 4.72 Å². The Morgan fingerprint density at radius 2 is 2.19 bits per heavy atom. The molecule has 0 amide bonds. The molecule has 2 aromatic rings. The lowest BCUT2D eigenvalue weighted by molar-refractivity contribution is 0.603. The largest absolute Gasteiger partial charge is 0.348 e. The average molecular weight is 257 g/mol. The summed E-state index contributed by atoms with van der Waals surface area (Å²) in [7, 11) is -3.49. The Morgan fingerprint density at radius 3 is 2.75 bits per heavy atom. The van der Waals surface area contributed by atoms with E-state index in [1.54, 1.807) is 30.5 Å². The lowest BCUT2D eigenvalue weighted by Gasteiger charge is -2.02. The molecule has 7 heteroatoms. The summed E-state index contributed by atoms with van der Waals surface area (Å²) in [5.41, 5.74) is 5.43. The highest BCUT2D eigenvalue weighted by molar-refractivity contribution is 7.94. The van der Waals surface area contributed by atoms with Gasteiger partial charge < -0.3 is 10.7 Å². The van der Waals surface area contributed by atoms with E-state index < -0.39 is 10.0 Å². The quantitative estimate of drug-likeness (QED) is 0.772. The number of anilines is 1. The molecule has 86 valence electrons. The van der Waals surface area contributed by atoms with Crippen LogP contribution in [0.15, 0.2) is 34.7 Å². The molecule has 0 aromatic carbocycles. The van der Waals surface area contributed by atoms with Gasteiger partial charge in [0.25, 0.3) is 10.0 Å². The molecule has 0 atom stereocenters. The van der Waals surface area contributed by atoms with Crippen molar-refractivity contribution in [1.82, 2.24) is 4.98 Å². The summed E-state index contributed by atoms with van der Waals surface area (Å²) in [4.78, 5) is 3.61. The summed E-state index contributed by atoms with van der Waals surface area (Å²) in [5.74, 6) is 0.447. The first-order chi connectivity index (χ1) is 7.62. The zero-order valence-electron chi connectivity index (χ0n) is 8.30. The zero-order chi connectivity index (χ0) is 11.6. The maximum atomic E-state index is 11.9. The van der Waals surface area contributed by atoms with Gasteiger partial charge in [-0.1, -0.05) is 0 Å². The van der Waals surface area contributed by atoms with Gasteiger partial charge in [-0.15, -0.1) is 11.3 Å². The summed E-state index contributed by atoms with van der Waals surface area (Å²) in [6.07, 6.45) is 1.65. The number of thiophene rings is 1. The molecule has 0 saturated heterocycles. The van der Waals surface area contributed by atoms with Gasteiger partial charge in [0.15, 0.2) is 0 Å². The molecule has 16 heavy (non-hydrogen) atoms. The maximum absolute atomic E-state index is 11.9. The SMILES string of the molecule is NCc1ccc(S(=O)(=O)Nc2ccc[nH]2)s1. The number of nitrogens with two attached hydrogens (primary N) is 1. The lowest BCUT2D eigenvalue weighted by Crippen LogP contribution is -2.11. The van der Waals surface area contributed by atoms with Crippen LogP contribution in [-0.4, -0.2) is 13.4 Å². The van der Waals surface area contributed by atoms with E-state index in [0.717, 1.165) is 4.88 Å². The average Bonchev–Trinajstić information content (AvgIpc) is 2.85. The fourth-order valence-electron chi connectivity index (χ4n) is 1.20. The molecule has 0 bridgehead atoms. The summed E-state index contributed by atoms with van der Waals surface area (Å²) in [6.45, 7) is 0.350. The van der Waals surface area contributed by atoms with E-state index in [9.17, 15) is 8.42 Å². The van der Waals surface area contributed by atoms with Crippen LogP contribution in [0.4, 0.5) is 5.82 Å². The molecule has 0 aliphatic heterocycles. The van der Waals surface area contributed by atoms with Gasteiger partial charge in [-0.05, 0) is 24.3 Å². The van der Waals surface area contributed by atoms with Crippen LogP contribution in [0.3, 0.4) is 0 Å². The standard InChI is InChI=1S/C9H11N3O2S2/c10-6-7-3-4-9(15-7)16(13,14)12-8-2-1-5-11-8/h1-5,11-12H,6,10H2. The molecule has 2 aromatic heterocycles. The lowest BCUT2D eigenvalue weighted by atomic mass is 10.5. The van der Waals surface area contributed by atoms with E-state index in [2.05, 4.69) is 9.71 Å². The number of rotatable bonds is 4. The van der Waals surface area contributed by atoms with Gasteiger partial charge >= 0.3 is 0 Å². The molecule has 0 radical (unpaired) electrons. The third-order valence-corrected chi connectivity index (χ3v) is 4.91. The van der Waals surface area contributed by atoms with Crippen LogP contribution >= 0.6 is 11.3 Å². The molecule has 0 saturated carbocycles. The number of sulfonamides is 1. The van der Waals surface area contributed by atoms with Crippen molar-refractivity contribution in [1.29, 1.82) is 0 Å². The van der Waals surface area contributed by atoms with E-state index >= 15 is 0 Å². The summed E-state index contributed by atoms with van der Waals surface area (Å²) in [5, 5.41) is 0. The second-order valence-electron chi connectivity index (χ2n) is 3.11. The molecule has 2 heterocycles. The highest BCUT2D eigenvalue weighted by Crippen LogP contribution is 2.23. The van der Waals surface area contributed by atoms with Crippen LogP contribution in [0.5, 0.6) is 0 Å². The number of H-pyrrole nitrogens is 1. The van der Waals surface area contributed by atoms with Crippen LogP contribution in [0.2, 0.25) is 0 Å². The fraction of sp³-hybridized carbons (Fsp3) is 0.111. The molecule has 0 aliphatic rings. The van der Waals surface area contributed by atoms with Crippen molar-refractivity contribution in [3.8, 4) is 0 Å². The number of hydrogen-bond donors (Lipinski definition) is 3. The Labute approximate surface area is 97.4 Å². The summed E-state index contributed by atoms with van der Waals surface area (Å²) < 4.78 is 26.4. The fourth-order valence-corrected chi connectivity index (χ4v) is 3.46. The number of aromatic nitrogens is 1. The maximum Gasteiger partial charge on any atom is 0.272 e. The second-order valence-corrected chi connectivity index (χ2v) is 6.19. The van der Waals surface area contributed by atoms with E-state index in [0.29, 0.717) is 12.4 Å². The minimum atomic E-state index is -3.49. The van der Waals surface area contributed by atoms with Gasteiger partial charge in [0.1, 0.15) is 10.0 Å². The Bertz CT molecular complexity index is 557. The summed E-state index contributed by atoms with van der Waals surface area (Å²) in [6, 6.07) is 6.64. The number of aromatic amines is 1. The Balaban J connectivity index is 2.25. The molecule has 0 spiro atoms. The smallest absolute Gasteiger partial charge is 0.272 e. The molecule has 5 nitrogen and oxygen atoms in total. The van der Waals surface area contributed by atoms with Crippen molar-refractivity contribution in [2.24, 2.45) is 5.73 Å². The van der Waals surface area contributed by atoms with Crippen LogP contribution in [0.1, 0.15) is 4.88 Å². The molecule has 0 aliphatic carbocycles. The first-order valence-electron chi connectivity index (χ1n) is 4.57. The minimum absolute atomic E-state index is 0.266. The first kappa shape index (κ1) is 11.2. The number of hydrogen-bond acceptors (Lipinski definition) is 4. The van der Waals surface area contributed by atoms with Gasteiger partial charge in [-0.2, -0.15) is 0 Å². The third kappa shape index (κ3) is 2.26. The topological polar surface area (TPSA) is 88.0 Å². The Kier molecular flexibility index (Phi) is 2.99. The predicted octanol–water partition coefficient (Wildman–Crippen LogP) is 1.34. The highest BCUT2D eigenvalue weighted by Gasteiger charge is 2.16. The van der Waals surface area contributed by atoms with Crippen molar-refractivity contribution < 1.29 is 8.42 Å². The zero-order valence-corrected chi connectivity index (χ0v) is 9.94. The predicted molar refractivity (Wildman–Crippen MR) is 63.8 cm³/mol. The molecular weight excluding hydrogens is 246 g/mol. The molecule has 0 fully saturated rings. The van der Waals surface area contributed by atoms with Gasteiger partial charge in [0.2, 0.25) is 0 Å². The van der Waals surface area contributed by atoms with E-state index in [-0.39, 0.29) is 4.21 Å². The van der Waals surface area contributed by atoms with E-state index in [1.165, 1.54) is 11.3 Å². The van der Waals surface area contributed by atoms with Crippen molar-refractivity contribution in [3.05, 3.63) is 35.3 Å². The Morgan fingerprint density at radius 1 is 1.38 bits per heavy atom. The van der Waals surface area contributed by atoms with Crippen LogP contribution in [-0.2, 0) is 16.6 Å². The molecular formula is C9H11N3O2S2. The second kappa shape index (κ2) is 4.28. The van der Waals surface area contributed by atoms with Crippen molar-refractivity contribution >= 4 is 27.2 Å². The van der Waals surface area contributed by atoms with Crippen molar-refractivity contribution in [3.63, 3.8) is 0 Å². The van der Waals surface area contributed by atoms with Crippen LogP contribution in [0.25, 0.3) is 0 Å². The van der Waals surface area contributed by atoms with Gasteiger partial charge in [0, 0.05) is 17.6 Å². The first-order valence-corrected chi connectivity index (χ1v) is 6.87. The van der Waals surface area contributed by atoms with E-state index in [4.69, 9.17) is 5.73 Å². The summed E-state index contributed by atoms with van der Waals surface area (Å²) >= 11 is 1.17. The highest BCUT2D eigenvalue weighted by atomic mass is 32.2. The van der Waals surface area contributed by atoms with Crippen LogP contribution in [0, 0.1) is 0 Å². The van der Waals surface area contributed by atoms with Gasteiger partial charge in [-0.25, -0.2) is 8.42 Å². The number of nitrogens with one attached hydrogen (secondary N) is 2. The monoisotopic (exact) mass is 257 g/mol. The van der Waals surface area contributed by atoms with Gasteiger partial charge in [0.05, 0.1) is 0 Å². The Hall–Kier alpha value is -1.31. The molecule has 0 unspecified atom stereocenters. The molecule has 4 N–H and O–H groups in total. The van der Waals surface area contributed by atoms with Crippen molar-refractivity contribution in [2.45, 2.75) is 10.8 Å².